The van der Waals surface area contributed by atoms with Gasteiger partial charge in [-0.25, -0.2) is 0 Å². The fraction of sp³-hybridized carbons (Fsp3) is 0.217. The quantitative estimate of drug-likeness (QED) is 0.447. The minimum atomic E-state index is -0.301. The third-order valence-electron chi connectivity index (χ3n) is 4.98. The van der Waals surface area contributed by atoms with Gasteiger partial charge in [0.05, 0.1) is 11.1 Å². The number of hydrogen-bond donors (Lipinski definition) is 1. The van der Waals surface area contributed by atoms with Crippen molar-refractivity contribution in [2.75, 3.05) is 6.26 Å². The first kappa shape index (κ1) is 20.9. The summed E-state index contributed by atoms with van der Waals surface area (Å²) in [5.41, 5.74) is 1.91. The Hall–Kier alpha value is -3.39. The van der Waals surface area contributed by atoms with Gasteiger partial charge in [-0.2, -0.15) is 4.98 Å². The maximum absolute atomic E-state index is 12.9. The highest BCUT2D eigenvalue weighted by Crippen LogP contribution is 2.26. The average molecular weight is 435 g/mol. The summed E-state index contributed by atoms with van der Waals surface area (Å²) in [5, 5.41) is 7.58. The van der Waals surface area contributed by atoms with E-state index in [1.165, 1.54) is 15.5 Å². The van der Waals surface area contributed by atoms with Gasteiger partial charge in [0.25, 0.3) is 11.4 Å². The number of benzene rings is 2. The van der Waals surface area contributed by atoms with E-state index in [0.717, 1.165) is 10.9 Å². The molecule has 8 heteroatoms. The first-order chi connectivity index (χ1) is 15.1. The number of fused-ring (bicyclic) bond motifs is 1. The second kappa shape index (κ2) is 9.18. The van der Waals surface area contributed by atoms with Gasteiger partial charge in [-0.3, -0.25) is 14.2 Å². The summed E-state index contributed by atoms with van der Waals surface area (Å²) in [7, 11) is 0. The normalized spacial score (nSPS) is 11.0. The Morgan fingerprint density at radius 1 is 1.16 bits per heavy atom. The lowest BCUT2D eigenvalue weighted by atomic mass is 10.1. The Morgan fingerprint density at radius 3 is 2.65 bits per heavy atom. The third-order valence-corrected chi connectivity index (χ3v) is 5.73. The number of amides is 1. The van der Waals surface area contributed by atoms with Crippen molar-refractivity contribution in [1.29, 1.82) is 0 Å². The third kappa shape index (κ3) is 4.54. The molecule has 0 saturated heterocycles. The molecule has 0 unspecified atom stereocenters. The zero-order valence-electron chi connectivity index (χ0n) is 17.3. The van der Waals surface area contributed by atoms with E-state index in [0.29, 0.717) is 35.8 Å². The molecule has 0 aliphatic carbocycles. The molecule has 31 heavy (non-hydrogen) atoms. The van der Waals surface area contributed by atoms with E-state index < -0.39 is 0 Å². The van der Waals surface area contributed by atoms with E-state index in [1.54, 1.807) is 11.8 Å². The van der Waals surface area contributed by atoms with Crippen LogP contribution in [0.15, 0.2) is 68.8 Å². The summed E-state index contributed by atoms with van der Waals surface area (Å²) in [6.45, 7) is 2.26. The van der Waals surface area contributed by atoms with Crippen molar-refractivity contribution in [3.63, 3.8) is 0 Å². The molecule has 2 heterocycles. The zero-order valence-corrected chi connectivity index (χ0v) is 18.1. The second-order valence-corrected chi connectivity index (χ2v) is 7.87. The predicted molar refractivity (Wildman–Crippen MR) is 121 cm³/mol. The monoisotopic (exact) mass is 434 g/mol. The highest BCUT2D eigenvalue weighted by Gasteiger charge is 2.16. The van der Waals surface area contributed by atoms with Crippen LogP contribution in [0.3, 0.4) is 0 Å². The maximum Gasteiger partial charge on any atom is 0.258 e. The fourth-order valence-corrected chi connectivity index (χ4v) is 3.73. The summed E-state index contributed by atoms with van der Waals surface area (Å²) in [4.78, 5) is 31.0. The molecule has 4 aromatic rings. The van der Waals surface area contributed by atoms with Crippen LogP contribution in [0.4, 0.5) is 0 Å². The van der Waals surface area contributed by atoms with E-state index in [1.807, 2.05) is 61.7 Å². The van der Waals surface area contributed by atoms with Gasteiger partial charge >= 0.3 is 0 Å². The number of pyridine rings is 1. The van der Waals surface area contributed by atoms with Gasteiger partial charge in [-0.1, -0.05) is 42.4 Å². The lowest BCUT2D eigenvalue weighted by Crippen LogP contribution is -2.32. The lowest BCUT2D eigenvalue weighted by molar-refractivity contribution is -0.121. The van der Waals surface area contributed by atoms with E-state index in [9.17, 15) is 9.59 Å². The number of carbonyl (C=O) groups excluding carboxylic acids is 1. The summed E-state index contributed by atoms with van der Waals surface area (Å²) in [6, 6.07) is 16.8. The van der Waals surface area contributed by atoms with Crippen molar-refractivity contribution in [3.05, 3.63) is 76.3 Å². The standard InChI is InChI=1S/C23H22N4O3S/c1-3-20-25-23(30-26-20)18-12-22(29)27(19-7-5-4-6-17(18)19)14-21(28)24-13-15-8-10-16(31-2)11-9-15/h4-12H,3,13-14H2,1-2H3,(H,24,28). The van der Waals surface area contributed by atoms with Gasteiger partial charge in [0.15, 0.2) is 5.82 Å². The van der Waals surface area contributed by atoms with Crippen molar-refractivity contribution >= 4 is 28.6 Å². The topological polar surface area (TPSA) is 90.0 Å². The van der Waals surface area contributed by atoms with Crippen LogP contribution >= 0.6 is 11.8 Å². The molecule has 0 saturated carbocycles. The molecule has 0 atom stereocenters. The first-order valence-electron chi connectivity index (χ1n) is 9.94. The van der Waals surface area contributed by atoms with Gasteiger partial charge in [-0.05, 0) is 30.0 Å². The van der Waals surface area contributed by atoms with Crippen LogP contribution in [0.25, 0.3) is 22.4 Å². The minimum absolute atomic E-state index is 0.0768. The molecule has 1 N–H and O–H groups in total. The van der Waals surface area contributed by atoms with Crippen LogP contribution in [-0.4, -0.2) is 26.9 Å². The van der Waals surface area contributed by atoms with Gasteiger partial charge in [0, 0.05) is 29.3 Å². The predicted octanol–water partition coefficient (Wildman–Crippen LogP) is 3.65. The molecule has 1 amide bonds. The van der Waals surface area contributed by atoms with Crippen LogP contribution in [0.2, 0.25) is 0 Å². The fourth-order valence-electron chi connectivity index (χ4n) is 3.33. The molecule has 0 bridgehead atoms. The molecular formula is C23H22N4O3S. The summed E-state index contributed by atoms with van der Waals surface area (Å²) < 4.78 is 6.80. The van der Waals surface area contributed by atoms with Gasteiger partial charge < -0.3 is 9.84 Å². The number of nitrogens with zero attached hydrogens (tertiary/aromatic N) is 3. The molecule has 0 spiro atoms. The Bertz CT molecular complexity index is 1280. The number of nitrogens with one attached hydrogen (secondary N) is 1. The second-order valence-electron chi connectivity index (χ2n) is 6.99. The largest absolute Gasteiger partial charge is 0.350 e. The van der Waals surface area contributed by atoms with Gasteiger partial charge in [-0.15, -0.1) is 11.8 Å². The van der Waals surface area contributed by atoms with E-state index in [2.05, 4.69) is 15.5 Å². The Labute approximate surface area is 183 Å². The summed E-state index contributed by atoms with van der Waals surface area (Å²) >= 11 is 1.67. The molecule has 7 nitrogen and oxygen atoms in total. The number of hydrogen-bond acceptors (Lipinski definition) is 6. The van der Waals surface area contributed by atoms with Gasteiger partial charge in [0.2, 0.25) is 5.91 Å². The van der Waals surface area contributed by atoms with Crippen LogP contribution in [-0.2, 0) is 24.3 Å². The molecule has 158 valence electrons. The van der Waals surface area contributed by atoms with Crippen LogP contribution < -0.4 is 10.9 Å². The highest BCUT2D eigenvalue weighted by molar-refractivity contribution is 7.98. The summed E-state index contributed by atoms with van der Waals surface area (Å²) in [6.07, 6.45) is 2.66. The van der Waals surface area contributed by atoms with E-state index >= 15 is 0 Å². The Kier molecular flexibility index (Phi) is 6.18. The van der Waals surface area contributed by atoms with Crippen molar-refractivity contribution < 1.29 is 9.32 Å². The molecule has 0 aliphatic heterocycles. The number of aromatic nitrogens is 3. The summed E-state index contributed by atoms with van der Waals surface area (Å²) in [5.74, 6) is 0.642. The van der Waals surface area contributed by atoms with Crippen molar-refractivity contribution in [2.24, 2.45) is 0 Å². The smallest absolute Gasteiger partial charge is 0.258 e. The zero-order chi connectivity index (χ0) is 21.8. The number of thioether (sulfide) groups is 1. The molecule has 4 rings (SSSR count). The molecule has 0 radical (unpaired) electrons. The van der Waals surface area contributed by atoms with Crippen LogP contribution in [0.1, 0.15) is 18.3 Å². The average Bonchev–Trinajstić information content (AvgIpc) is 3.29. The SMILES string of the molecule is CCc1noc(-c2cc(=O)n(CC(=O)NCc3ccc(SC)cc3)c3ccccc23)n1. The maximum atomic E-state index is 12.9. The van der Waals surface area contributed by atoms with Gasteiger partial charge in [0.1, 0.15) is 6.54 Å². The van der Waals surface area contributed by atoms with Crippen molar-refractivity contribution in [3.8, 4) is 11.5 Å². The molecule has 0 fully saturated rings. The number of para-hydroxylation sites is 1. The van der Waals surface area contributed by atoms with E-state index in [-0.39, 0.29) is 18.0 Å². The molecule has 0 aliphatic rings. The molecule has 2 aromatic heterocycles. The van der Waals surface area contributed by atoms with E-state index in [4.69, 9.17) is 4.52 Å². The highest BCUT2D eigenvalue weighted by atomic mass is 32.2. The molecular weight excluding hydrogens is 412 g/mol. The number of aryl methyl sites for hydroxylation is 1. The Morgan fingerprint density at radius 2 is 1.94 bits per heavy atom. The van der Waals surface area contributed by atoms with Crippen LogP contribution in [0, 0.1) is 0 Å². The molecule has 2 aromatic carbocycles. The van der Waals surface area contributed by atoms with Crippen molar-refractivity contribution in [2.45, 2.75) is 31.3 Å². The lowest BCUT2D eigenvalue weighted by Gasteiger charge is -2.12. The number of rotatable bonds is 7. The van der Waals surface area contributed by atoms with Crippen LogP contribution in [0.5, 0.6) is 0 Å². The van der Waals surface area contributed by atoms with Crippen molar-refractivity contribution in [1.82, 2.24) is 20.0 Å². The number of carbonyl (C=O) groups is 1. The Balaban J connectivity index is 1.59. The first-order valence-corrected chi connectivity index (χ1v) is 11.2. The minimum Gasteiger partial charge on any atom is -0.350 e.